The summed E-state index contributed by atoms with van der Waals surface area (Å²) in [6.45, 7) is 2.19. The number of carboxylic acid groups (broad SMARTS) is 1. The standard InChI is InChI=1S/C18H28O3/c1-2-3-4-5-6-7-8-9-10-11-12-13-14-15-16-17(19)18(20)21/h5-10H,2-4,11-16H2,1H3,(H,20,21). The van der Waals surface area contributed by atoms with Gasteiger partial charge in [0.25, 0.3) is 0 Å². The van der Waals surface area contributed by atoms with Gasteiger partial charge in [0.15, 0.2) is 0 Å². The van der Waals surface area contributed by atoms with Gasteiger partial charge in [0.1, 0.15) is 0 Å². The van der Waals surface area contributed by atoms with Crippen molar-refractivity contribution < 1.29 is 14.7 Å². The molecule has 1 N–H and O–H groups in total. The highest BCUT2D eigenvalue weighted by atomic mass is 16.4. The molecule has 3 heteroatoms. The van der Waals surface area contributed by atoms with Crippen LogP contribution in [0.4, 0.5) is 0 Å². The summed E-state index contributed by atoms with van der Waals surface area (Å²) >= 11 is 0. The molecule has 0 rings (SSSR count). The van der Waals surface area contributed by atoms with Gasteiger partial charge in [0, 0.05) is 6.42 Å². The van der Waals surface area contributed by atoms with E-state index in [2.05, 4.69) is 31.2 Å². The van der Waals surface area contributed by atoms with Crippen molar-refractivity contribution in [3.05, 3.63) is 36.5 Å². The van der Waals surface area contributed by atoms with Gasteiger partial charge in [0.05, 0.1) is 0 Å². The van der Waals surface area contributed by atoms with Crippen LogP contribution in [0, 0.1) is 0 Å². The van der Waals surface area contributed by atoms with Crippen molar-refractivity contribution in [2.45, 2.75) is 64.7 Å². The zero-order chi connectivity index (χ0) is 15.8. The highest BCUT2D eigenvalue weighted by Crippen LogP contribution is 2.06. The summed E-state index contributed by atoms with van der Waals surface area (Å²) in [4.78, 5) is 21.1. The summed E-state index contributed by atoms with van der Waals surface area (Å²) in [5, 5.41) is 8.42. The minimum Gasteiger partial charge on any atom is -0.476 e. The highest BCUT2D eigenvalue weighted by molar-refractivity contribution is 6.32. The molecular formula is C18H28O3. The molecule has 0 unspecified atom stereocenters. The first-order valence-corrected chi connectivity index (χ1v) is 7.93. The van der Waals surface area contributed by atoms with E-state index in [1.807, 2.05) is 12.2 Å². The van der Waals surface area contributed by atoms with Crippen LogP contribution in [-0.2, 0) is 9.59 Å². The third-order valence-corrected chi connectivity index (χ3v) is 3.09. The fourth-order valence-electron chi connectivity index (χ4n) is 1.81. The fraction of sp³-hybridized carbons (Fsp3) is 0.556. The third kappa shape index (κ3) is 14.6. The van der Waals surface area contributed by atoms with Crippen LogP contribution >= 0.6 is 0 Å². The van der Waals surface area contributed by atoms with Gasteiger partial charge in [-0.05, 0) is 25.7 Å². The zero-order valence-electron chi connectivity index (χ0n) is 13.1. The number of ketones is 1. The maximum atomic E-state index is 10.8. The SMILES string of the molecule is CCCCC=CC=CC=CCCCCCCC(=O)C(=O)O. The average molecular weight is 292 g/mol. The molecule has 0 radical (unpaired) electrons. The van der Waals surface area contributed by atoms with Crippen molar-refractivity contribution in [1.29, 1.82) is 0 Å². The number of hydrogen-bond acceptors (Lipinski definition) is 2. The molecule has 0 aliphatic carbocycles. The van der Waals surface area contributed by atoms with Gasteiger partial charge in [-0.25, -0.2) is 4.79 Å². The second-order valence-corrected chi connectivity index (χ2v) is 5.06. The molecule has 0 fully saturated rings. The lowest BCUT2D eigenvalue weighted by molar-refractivity contribution is -0.149. The lowest BCUT2D eigenvalue weighted by Gasteiger charge is -1.97. The van der Waals surface area contributed by atoms with Crippen LogP contribution in [0.2, 0.25) is 0 Å². The summed E-state index contributed by atoms with van der Waals surface area (Å²) in [5.41, 5.74) is 0. The smallest absolute Gasteiger partial charge is 0.372 e. The quantitative estimate of drug-likeness (QED) is 0.300. The summed E-state index contributed by atoms with van der Waals surface area (Å²) in [7, 11) is 0. The number of carboxylic acids is 1. The molecule has 0 aromatic carbocycles. The van der Waals surface area contributed by atoms with E-state index < -0.39 is 11.8 Å². The number of rotatable bonds is 13. The Morgan fingerprint density at radius 3 is 1.95 bits per heavy atom. The Kier molecular flexibility index (Phi) is 13.6. The molecule has 0 atom stereocenters. The van der Waals surface area contributed by atoms with E-state index in [1.54, 1.807) is 0 Å². The Labute approximate surface area is 128 Å². The summed E-state index contributed by atoms with van der Waals surface area (Å²) in [6.07, 6.45) is 21.1. The molecular weight excluding hydrogens is 264 g/mol. The second kappa shape index (κ2) is 14.8. The summed E-state index contributed by atoms with van der Waals surface area (Å²) < 4.78 is 0. The number of carbonyl (C=O) groups is 2. The van der Waals surface area contributed by atoms with Crippen LogP contribution in [-0.4, -0.2) is 16.9 Å². The van der Waals surface area contributed by atoms with Crippen LogP contribution in [0.25, 0.3) is 0 Å². The predicted octanol–water partition coefficient (Wildman–Crippen LogP) is 4.84. The highest BCUT2D eigenvalue weighted by Gasteiger charge is 2.09. The number of hydrogen-bond donors (Lipinski definition) is 1. The molecule has 0 aliphatic heterocycles. The molecule has 0 saturated heterocycles. The van der Waals surface area contributed by atoms with Crippen LogP contribution in [0.1, 0.15) is 64.7 Å². The van der Waals surface area contributed by atoms with E-state index in [1.165, 1.54) is 12.8 Å². The number of Topliss-reactive ketones (excluding diaryl/α,β-unsaturated/α-hetero) is 1. The molecule has 0 saturated carbocycles. The third-order valence-electron chi connectivity index (χ3n) is 3.09. The Hall–Kier alpha value is -1.64. The zero-order valence-corrected chi connectivity index (χ0v) is 13.1. The predicted molar refractivity (Wildman–Crippen MR) is 87.3 cm³/mol. The van der Waals surface area contributed by atoms with Crippen molar-refractivity contribution in [3.63, 3.8) is 0 Å². The van der Waals surface area contributed by atoms with E-state index in [0.717, 1.165) is 32.1 Å². The van der Waals surface area contributed by atoms with Crippen LogP contribution < -0.4 is 0 Å². The van der Waals surface area contributed by atoms with Crippen LogP contribution in [0.3, 0.4) is 0 Å². The number of unbranched alkanes of at least 4 members (excludes halogenated alkanes) is 6. The van der Waals surface area contributed by atoms with Gasteiger partial charge in [-0.2, -0.15) is 0 Å². The maximum absolute atomic E-state index is 10.8. The first kappa shape index (κ1) is 19.4. The fourth-order valence-corrected chi connectivity index (χ4v) is 1.81. The minimum atomic E-state index is -1.31. The Balaban J connectivity index is 3.40. The normalized spacial score (nSPS) is 11.9. The van der Waals surface area contributed by atoms with Gasteiger partial charge < -0.3 is 5.11 Å². The van der Waals surface area contributed by atoms with Crippen LogP contribution in [0.5, 0.6) is 0 Å². The molecule has 0 bridgehead atoms. The Morgan fingerprint density at radius 2 is 1.38 bits per heavy atom. The molecule has 0 amide bonds. The van der Waals surface area contributed by atoms with Gasteiger partial charge >= 0.3 is 5.97 Å². The van der Waals surface area contributed by atoms with Gasteiger partial charge in [-0.15, -0.1) is 0 Å². The van der Waals surface area contributed by atoms with Crippen molar-refractivity contribution >= 4 is 11.8 Å². The molecule has 0 spiro atoms. The van der Waals surface area contributed by atoms with E-state index >= 15 is 0 Å². The van der Waals surface area contributed by atoms with E-state index in [-0.39, 0.29) is 6.42 Å². The first-order valence-electron chi connectivity index (χ1n) is 7.93. The van der Waals surface area contributed by atoms with Crippen molar-refractivity contribution in [2.24, 2.45) is 0 Å². The van der Waals surface area contributed by atoms with Crippen molar-refractivity contribution in [3.8, 4) is 0 Å². The monoisotopic (exact) mass is 292 g/mol. The molecule has 0 aliphatic rings. The average Bonchev–Trinajstić information content (AvgIpc) is 2.47. The van der Waals surface area contributed by atoms with Crippen molar-refractivity contribution in [1.82, 2.24) is 0 Å². The van der Waals surface area contributed by atoms with E-state index in [9.17, 15) is 9.59 Å². The molecule has 3 nitrogen and oxygen atoms in total. The van der Waals surface area contributed by atoms with Gasteiger partial charge in [-0.1, -0.05) is 69.1 Å². The lowest BCUT2D eigenvalue weighted by atomic mass is 10.1. The molecule has 0 aromatic heterocycles. The molecule has 0 aromatic rings. The largest absolute Gasteiger partial charge is 0.476 e. The van der Waals surface area contributed by atoms with Gasteiger partial charge in [-0.3, -0.25) is 4.79 Å². The number of allylic oxidation sites excluding steroid dienone is 6. The van der Waals surface area contributed by atoms with E-state index in [0.29, 0.717) is 6.42 Å². The van der Waals surface area contributed by atoms with E-state index in [4.69, 9.17) is 5.11 Å². The summed E-state index contributed by atoms with van der Waals surface area (Å²) in [5.74, 6) is -1.99. The minimum absolute atomic E-state index is 0.165. The van der Waals surface area contributed by atoms with Gasteiger partial charge in [0.2, 0.25) is 5.78 Å². The van der Waals surface area contributed by atoms with Crippen LogP contribution in [0.15, 0.2) is 36.5 Å². The molecule has 21 heavy (non-hydrogen) atoms. The second-order valence-electron chi connectivity index (χ2n) is 5.06. The van der Waals surface area contributed by atoms with Crippen molar-refractivity contribution in [2.75, 3.05) is 0 Å². The summed E-state index contributed by atoms with van der Waals surface area (Å²) in [6, 6.07) is 0. The Morgan fingerprint density at radius 1 is 0.810 bits per heavy atom. The molecule has 0 heterocycles. The first-order chi connectivity index (χ1) is 10.2. The lowest BCUT2D eigenvalue weighted by Crippen LogP contribution is -2.11. The molecule has 118 valence electrons. The maximum Gasteiger partial charge on any atom is 0.372 e. The topological polar surface area (TPSA) is 54.4 Å². The Bertz CT molecular complexity index is 365. The number of carbonyl (C=O) groups excluding carboxylic acids is 1. The number of aliphatic carboxylic acids is 1.